The lowest BCUT2D eigenvalue weighted by Gasteiger charge is -2.37. The molecule has 3 unspecified atom stereocenters. The van der Waals surface area contributed by atoms with E-state index in [0.717, 1.165) is 49.2 Å². The fourth-order valence-corrected chi connectivity index (χ4v) is 5.13. The van der Waals surface area contributed by atoms with Crippen molar-refractivity contribution in [3.05, 3.63) is 29.1 Å². The van der Waals surface area contributed by atoms with Crippen LogP contribution in [0.4, 0.5) is 10.1 Å². The molecule has 1 aromatic rings. The molecule has 4 aliphatic rings. The highest BCUT2D eigenvalue weighted by atomic mass is 19.1. The van der Waals surface area contributed by atoms with Gasteiger partial charge in [0.15, 0.2) is 5.82 Å². The van der Waals surface area contributed by atoms with Gasteiger partial charge in [0, 0.05) is 24.6 Å². The number of hydrogen-bond donors (Lipinski definition) is 5. The summed E-state index contributed by atoms with van der Waals surface area (Å²) in [7, 11) is 1.94. The van der Waals surface area contributed by atoms with Gasteiger partial charge in [-0.1, -0.05) is 6.08 Å². The van der Waals surface area contributed by atoms with Gasteiger partial charge in [0.25, 0.3) is 0 Å². The molecule has 3 heterocycles. The van der Waals surface area contributed by atoms with Crippen LogP contribution in [0.1, 0.15) is 30.9 Å². The molecule has 2 saturated heterocycles. The van der Waals surface area contributed by atoms with Gasteiger partial charge in [0.2, 0.25) is 0 Å². The Morgan fingerprint density at radius 2 is 2.14 bits per heavy atom. The molecule has 6 nitrogen and oxygen atoms in total. The molecule has 5 rings (SSSR count). The highest BCUT2D eigenvalue weighted by Gasteiger charge is 2.36. The molecule has 1 aromatic carbocycles. The maximum atomic E-state index is 15.7. The smallest absolute Gasteiger partial charge is 0.157 e. The predicted molar refractivity (Wildman–Crippen MR) is 109 cm³/mol. The Balaban J connectivity index is 1.46. The molecule has 152 valence electrons. The normalized spacial score (nSPS) is 34.0. The lowest BCUT2D eigenvalue weighted by atomic mass is 9.96. The third kappa shape index (κ3) is 3.20. The summed E-state index contributed by atoms with van der Waals surface area (Å²) in [6.45, 7) is 4.79. The summed E-state index contributed by atoms with van der Waals surface area (Å²) in [5.74, 6) is 1.67. The van der Waals surface area contributed by atoms with Crippen LogP contribution in [0, 0.1) is 17.7 Å². The van der Waals surface area contributed by atoms with Crippen LogP contribution in [0.3, 0.4) is 0 Å². The van der Waals surface area contributed by atoms with Crippen LogP contribution in [0.2, 0.25) is 0 Å². The number of allylic oxidation sites excluding steroid dienone is 1. The first-order valence-electron chi connectivity index (χ1n) is 10.5. The number of fused-ring (bicyclic) bond motifs is 2. The molecule has 0 bridgehead atoms. The largest absolute Gasteiger partial charge is 0.492 e. The van der Waals surface area contributed by atoms with Gasteiger partial charge in [-0.15, -0.1) is 0 Å². The number of anilines is 1. The van der Waals surface area contributed by atoms with Crippen LogP contribution < -0.4 is 31.3 Å². The maximum absolute atomic E-state index is 15.7. The first-order chi connectivity index (χ1) is 13.6. The Hall–Kier alpha value is -1.67. The monoisotopic (exact) mass is 387 g/mol. The van der Waals surface area contributed by atoms with Crippen LogP contribution in [0.15, 0.2) is 12.1 Å². The topological polar surface area (TPSA) is 69.4 Å². The second-order valence-electron chi connectivity index (χ2n) is 8.57. The van der Waals surface area contributed by atoms with E-state index in [2.05, 4.69) is 39.6 Å². The molecule has 28 heavy (non-hydrogen) atoms. The molecule has 7 heteroatoms. The fourth-order valence-electron chi connectivity index (χ4n) is 5.13. The summed E-state index contributed by atoms with van der Waals surface area (Å²) >= 11 is 0. The molecular weight excluding hydrogens is 357 g/mol. The quantitative estimate of drug-likeness (QED) is 0.541. The van der Waals surface area contributed by atoms with Crippen molar-refractivity contribution in [3.8, 4) is 5.75 Å². The zero-order chi connectivity index (χ0) is 19.3. The van der Waals surface area contributed by atoms with Crippen molar-refractivity contribution in [3.63, 3.8) is 0 Å². The number of benzene rings is 1. The van der Waals surface area contributed by atoms with Crippen LogP contribution in [-0.2, 0) is 6.42 Å². The second kappa shape index (κ2) is 7.30. The SMILES string of the molecule is CNC1CC(C)NC(Nc2cc3c(c(C4=C[C@@H]5CNC[C@@H]5C4)c2F)OCC3)N1. The van der Waals surface area contributed by atoms with Crippen LogP contribution in [-0.4, -0.2) is 45.2 Å². The molecule has 1 aliphatic carbocycles. The first kappa shape index (κ1) is 18.4. The van der Waals surface area contributed by atoms with E-state index < -0.39 is 0 Å². The van der Waals surface area contributed by atoms with Crippen LogP contribution in [0.25, 0.3) is 5.57 Å². The number of rotatable bonds is 4. The Labute approximate surface area is 165 Å². The molecule has 5 N–H and O–H groups in total. The van der Waals surface area contributed by atoms with E-state index in [-0.39, 0.29) is 18.3 Å². The van der Waals surface area contributed by atoms with E-state index in [1.807, 2.05) is 13.1 Å². The van der Waals surface area contributed by atoms with E-state index in [0.29, 0.717) is 35.7 Å². The highest BCUT2D eigenvalue weighted by molar-refractivity contribution is 5.78. The van der Waals surface area contributed by atoms with Gasteiger partial charge in [-0.05, 0) is 56.8 Å². The molecule has 0 amide bonds. The van der Waals surface area contributed by atoms with Gasteiger partial charge < -0.3 is 20.7 Å². The second-order valence-corrected chi connectivity index (χ2v) is 8.57. The van der Waals surface area contributed by atoms with Gasteiger partial charge in [-0.3, -0.25) is 10.6 Å². The minimum atomic E-state index is -0.192. The number of halogens is 1. The molecule has 5 atom stereocenters. The third-order valence-corrected chi connectivity index (χ3v) is 6.58. The van der Waals surface area contributed by atoms with Crippen LogP contribution >= 0.6 is 0 Å². The van der Waals surface area contributed by atoms with Crippen LogP contribution in [0.5, 0.6) is 5.75 Å². The lowest BCUT2D eigenvalue weighted by Crippen LogP contribution is -2.63. The molecule has 2 fully saturated rings. The Kier molecular flexibility index (Phi) is 4.79. The van der Waals surface area contributed by atoms with Crippen molar-refractivity contribution >= 4 is 11.3 Å². The molecule has 0 aromatic heterocycles. The van der Waals surface area contributed by atoms with Gasteiger partial charge in [0.05, 0.1) is 24.0 Å². The average molecular weight is 388 g/mol. The van der Waals surface area contributed by atoms with Gasteiger partial charge in [0.1, 0.15) is 12.0 Å². The van der Waals surface area contributed by atoms with E-state index in [9.17, 15) is 0 Å². The Morgan fingerprint density at radius 1 is 1.25 bits per heavy atom. The summed E-state index contributed by atoms with van der Waals surface area (Å²) in [5, 5.41) is 17.0. The number of ether oxygens (including phenoxy) is 1. The van der Waals surface area contributed by atoms with Gasteiger partial charge in [-0.25, -0.2) is 4.39 Å². The van der Waals surface area contributed by atoms with Crippen molar-refractivity contribution in [1.29, 1.82) is 0 Å². The standard InChI is InChI=1S/C21H30FN5O/c1-11-5-17(23-2)27-21(25-11)26-16-8-12-3-4-28-20(12)18(19(16)22)13-6-14-9-24-10-15(14)7-13/h6,8,11,14-15,17,21,23-27H,3-5,7,9-10H2,1-2H3/t11?,14-,15+,17?,21?/m1/s1. The zero-order valence-corrected chi connectivity index (χ0v) is 16.6. The van der Waals surface area contributed by atoms with E-state index >= 15 is 4.39 Å². The molecule has 3 aliphatic heterocycles. The Bertz CT molecular complexity index is 797. The summed E-state index contributed by atoms with van der Waals surface area (Å²) in [6.07, 6.45) is 5.01. The number of hydrogen-bond acceptors (Lipinski definition) is 6. The van der Waals surface area contributed by atoms with Crippen molar-refractivity contribution in [2.45, 2.75) is 44.7 Å². The maximum Gasteiger partial charge on any atom is 0.157 e. The zero-order valence-electron chi connectivity index (χ0n) is 16.6. The molecular formula is C21H30FN5O. The van der Waals surface area contributed by atoms with E-state index in [1.54, 1.807) is 0 Å². The van der Waals surface area contributed by atoms with E-state index in [1.165, 1.54) is 0 Å². The fraction of sp³-hybridized carbons (Fsp3) is 0.619. The molecule has 0 radical (unpaired) electrons. The summed E-state index contributed by atoms with van der Waals surface area (Å²) in [6, 6.07) is 2.26. The minimum absolute atomic E-state index is 0.190. The van der Waals surface area contributed by atoms with Crippen molar-refractivity contribution < 1.29 is 9.13 Å². The highest BCUT2D eigenvalue weighted by Crippen LogP contribution is 2.46. The van der Waals surface area contributed by atoms with Crippen molar-refractivity contribution in [2.75, 3.05) is 32.1 Å². The van der Waals surface area contributed by atoms with Gasteiger partial charge in [-0.2, -0.15) is 0 Å². The Morgan fingerprint density at radius 3 is 2.96 bits per heavy atom. The molecule has 0 spiro atoms. The van der Waals surface area contributed by atoms with Crippen molar-refractivity contribution in [1.82, 2.24) is 21.3 Å². The summed E-state index contributed by atoms with van der Waals surface area (Å²) in [5.41, 5.74) is 3.44. The summed E-state index contributed by atoms with van der Waals surface area (Å²) in [4.78, 5) is 0. The van der Waals surface area contributed by atoms with Crippen molar-refractivity contribution in [2.24, 2.45) is 11.8 Å². The van der Waals surface area contributed by atoms with Gasteiger partial charge >= 0.3 is 0 Å². The predicted octanol–water partition coefficient (Wildman–Crippen LogP) is 1.60. The first-order valence-corrected chi connectivity index (χ1v) is 10.5. The summed E-state index contributed by atoms with van der Waals surface area (Å²) < 4.78 is 21.6. The minimum Gasteiger partial charge on any atom is -0.492 e. The third-order valence-electron chi connectivity index (χ3n) is 6.58. The number of nitrogens with one attached hydrogen (secondary N) is 5. The lowest BCUT2D eigenvalue weighted by molar-refractivity contribution is 0.249. The van der Waals surface area contributed by atoms with E-state index in [4.69, 9.17) is 4.74 Å². The molecule has 0 saturated carbocycles. The average Bonchev–Trinajstić information content (AvgIpc) is 3.37.